The quantitative estimate of drug-likeness (QED) is 0.606. The van der Waals surface area contributed by atoms with Gasteiger partial charge in [-0.2, -0.15) is 0 Å². The van der Waals surface area contributed by atoms with Crippen LogP contribution in [0.5, 0.6) is 5.75 Å². The van der Waals surface area contributed by atoms with E-state index in [1.807, 2.05) is 26.0 Å². The minimum absolute atomic E-state index is 0.0335. The van der Waals surface area contributed by atoms with Gasteiger partial charge >= 0.3 is 12.1 Å². The van der Waals surface area contributed by atoms with Crippen molar-refractivity contribution in [3.05, 3.63) is 23.5 Å². The number of pyridine rings is 1. The molecule has 1 aliphatic carbocycles. The Labute approximate surface area is 193 Å². The molecule has 2 aromatic heterocycles. The van der Waals surface area contributed by atoms with Crippen molar-refractivity contribution in [2.75, 3.05) is 13.6 Å². The average molecular weight is 460 g/mol. The van der Waals surface area contributed by atoms with Gasteiger partial charge in [-0.25, -0.2) is 14.5 Å². The summed E-state index contributed by atoms with van der Waals surface area (Å²) in [6, 6.07) is 3.66. The minimum atomic E-state index is -0.760. The second-order valence-corrected chi connectivity index (χ2v) is 8.42. The van der Waals surface area contributed by atoms with E-state index < -0.39 is 12.1 Å². The molecule has 0 aromatic carbocycles. The Balaban J connectivity index is 1.75. The second-order valence-electron chi connectivity index (χ2n) is 8.42. The molecule has 1 saturated carbocycles. The van der Waals surface area contributed by atoms with E-state index in [4.69, 9.17) is 14.5 Å². The third kappa shape index (κ3) is 6.00. The molecule has 3 rings (SSSR count). The Hall–Kier alpha value is -3.17. The monoisotopic (exact) mass is 459 g/mol. The Morgan fingerprint density at radius 1 is 1.27 bits per heavy atom. The zero-order valence-corrected chi connectivity index (χ0v) is 19.8. The smallest absolute Gasteiger partial charge is 0.409 e. The fraction of sp³-hybridized carbons (Fsp3) is 0.609. The number of nitrogens with zero attached hydrogens (tertiary/aromatic N) is 5. The first-order valence-corrected chi connectivity index (χ1v) is 11.5. The Morgan fingerprint density at radius 3 is 2.76 bits per heavy atom. The predicted molar refractivity (Wildman–Crippen MR) is 121 cm³/mol. The fourth-order valence-electron chi connectivity index (χ4n) is 4.04. The number of aliphatic carboxylic acids is 1. The summed E-state index contributed by atoms with van der Waals surface area (Å²) in [6.45, 7) is 4.64. The highest BCUT2D eigenvalue weighted by atomic mass is 16.6. The van der Waals surface area contributed by atoms with Gasteiger partial charge in [0.15, 0.2) is 0 Å². The molecule has 1 aliphatic rings. The molecule has 1 fully saturated rings. The van der Waals surface area contributed by atoms with Crippen molar-refractivity contribution >= 4 is 12.1 Å². The molecule has 2 aromatic rings. The number of amides is 1. The Kier molecular flexibility index (Phi) is 8.24. The summed E-state index contributed by atoms with van der Waals surface area (Å²) in [5, 5.41) is 17.6. The summed E-state index contributed by atoms with van der Waals surface area (Å²) in [5.41, 5.74) is 2.58. The first kappa shape index (κ1) is 24.5. The van der Waals surface area contributed by atoms with Crippen molar-refractivity contribution in [3.63, 3.8) is 0 Å². The van der Waals surface area contributed by atoms with Gasteiger partial charge in [-0.15, -0.1) is 5.10 Å². The van der Waals surface area contributed by atoms with Gasteiger partial charge in [-0.3, -0.25) is 4.79 Å². The highest BCUT2D eigenvalue weighted by molar-refractivity contribution is 5.70. The molecule has 10 heteroatoms. The number of carbonyl (C=O) groups is 2. The average Bonchev–Trinajstić information content (AvgIpc) is 3.18. The number of carboxylic acids is 1. The van der Waals surface area contributed by atoms with Crippen molar-refractivity contribution in [1.82, 2.24) is 24.9 Å². The number of aromatic nitrogens is 4. The standard InChI is InChI=1S/C23H33N5O5/c1-5-12-27(3)23(31)32-14-19-21(25-26-28(19)4)18-10-11-20(17(6-2)24-18)33-16-9-7-8-15(13-16)22(29)30/h10-11,15-16H,5-9,12-14H2,1-4H3,(H,29,30)/t15-,16-/m0/s1. The summed E-state index contributed by atoms with van der Waals surface area (Å²) in [5.74, 6) is -0.457. The van der Waals surface area contributed by atoms with Crippen molar-refractivity contribution in [2.45, 2.75) is 65.1 Å². The molecule has 0 aliphatic heterocycles. The molecule has 0 spiro atoms. The van der Waals surface area contributed by atoms with Crippen LogP contribution in [0.2, 0.25) is 0 Å². The molecule has 2 heterocycles. The molecule has 0 unspecified atom stereocenters. The van der Waals surface area contributed by atoms with Crippen LogP contribution in [0.1, 0.15) is 57.3 Å². The number of carboxylic acid groups (broad SMARTS) is 1. The van der Waals surface area contributed by atoms with E-state index >= 15 is 0 Å². The van der Waals surface area contributed by atoms with Gasteiger partial charge in [-0.1, -0.05) is 19.1 Å². The maximum Gasteiger partial charge on any atom is 0.409 e. The molecular weight excluding hydrogens is 426 g/mol. The van der Waals surface area contributed by atoms with Crippen molar-refractivity contribution in [1.29, 1.82) is 0 Å². The van der Waals surface area contributed by atoms with Crippen LogP contribution in [0, 0.1) is 5.92 Å². The Bertz CT molecular complexity index is 976. The lowest BCUT2D eigenvalue weighted by atomic mass is 9.87. The van der Waals surface area contributed by atoms with Gasteiger partial charge in [0.05, 0.1) is 23.4 Å². The Morgan fingerprint density at radius 2 is 2.06 bits per heavy atom. The number of rotatable bonds is 9. The van der Waals surface area contributed by atoms with Crippen LogP contribution < -0.4 is 4.74 Å². The van der Waals surface area contributed by atoms with E-state index in [-0.39, 0.29) is 18.6 Å². The number of aryl methyl sites for hydroxylation is 2. The zero-order valence-electron chi connectivity index (χ0n) is 19.8. The normalized spacial score (nSPS) is 18.1. The number of hydrogen-bond acceptors (Lipinski definition) is 7. The van der Waals surface area contributed by atoms with Gasteiger partial charge in [0.25, 0.3) is 0 Å². The van der Waals surface area contributed by atoms with Gasteiger partial charge < -0.3 is 19.5 Å². The molecule has 0 bridgehead atoms. The minimum Gasteiger partial charge on any atom is -0.488 e. The van der Waals surface area contributed by atoms with Crippen LogP contribution in [0.25, 0.3) is 11.4 Å². The fourth-order valence-corrected chi connectivity index (χ4v) is 4.04. The molecule has 180 valence electrons. The summed E-state index contributed by atoms with van der Waals surface area (Å²) in [4.78, 5) is 29.8. The molecule has 1 amide bonds. The van der Waals surface area contributed by atoms with E-state index in [0.29, 0.717) is 48.6 Å². The van der Waals surface area contributed by atoms with Crippen LogP contribution in [0.15, 0.2) is 12.1 Å². The van der Waals surface area contributed by atoms with Crippen LogP contribution in [-0.2, 0) is 29.6 Å². The first-order valence-electron chi connectivity index (χ1n) is 11.5. The van der Waals surface area contributed by atoms with E-state index in [1.165, 1.54) is 4.90 Å². The lowest BCUT2D eigenvalue weighted by molar-refractivity contribution is -0.143. The molecule has 0 saturated heterocycles. The number of hydrogen-bond donors (Lipinski definition) is 1. The van der Waals surface area contributed by atoms with Gasteiger partial charge in [0.2, 0.25) is 0 Å². The summed E-state index contributed by atoms with van der Waals surface area (Å²) >= 11 is 0. The van der Waals surface area contributed by atoms with Gasteiger partial charge in [-0.05, 0) is 50.7 Å². The second kappa shape index (κ2) is 11.1. The lowest BCUT2D eigenvalue weighted by Gasteiger charge is -2.28. The third-order valence-corrected chi connectivity index (χ3v) is 5.92. The molecule has 1 N–H and O–H groups in total. The zero-order chi connectivity index (χ0) is 24.0. The van der Waals surface area contributed by atoms with E-state index in [1.54, 1.807) is 18.8 Å². The van der Waals surface area contributed by atoms with Crippen LogP contribution in [0.3, 0.4) is 0 Å². The lowest BCUT2D eigenvalue weighted by Crippen LogP contribution is -2.29. The molecule has 2 atom stereocenters. The largest absolute Gasteiger partial charge is 0.488 e. The summed E-state index contributed by atoms with van der Waals surface area (Å²) in [7, 11) is 3.45. The molecular formula is C23H33N5O5. The molecule has 10 nitrogen and oxygen atoms in total. The maximum atomic E-state index is 12.2. The molecule has 0 radical (unpaired) electrons. The summed E-state index contributed by atoms with van der Waals surface area (Å²) in [6.07, 6.45) is 3.83. The third-order valence-electron chi connectivity index (χ3n) is 5.92. The van der Waals surface area contributed by atoms with E-state index in [9.17, 15) is 14.7 Å². The van der Waals surface area contributed by atoms with Gasteiger partial charge in [0.1, 0.15) is 23.7 Å². The highest BCUT2D eigenvalue weighted by Gasteiger charge is 2.29. The highest BCUT2D eigenvalue weighted by Crippen LogP contribution is 2.31. The topological polar surface area (TPSA) is 120 Å². The van der Waals surface area contributed by atoms with Crippen molar-refractivity contribution in [3.8, 4) is 17.1 Å². The van der Waals surface area contributed by atoms with Crippen molar-refractivity contribution in [2.24, 2.45) is 13.0 Å². The number of ether oxygens (including phenoxy) is 2. The predicted octanol–water partition coefficient (Wildman–Crippen LogP) is 3.44. The maximum absolute atomic E-state index is 12.2. The van der Waals surface area contributed by atoms with Crippen LogP contribution in [-0.4, -0.2) is 61.7 Å². The van der Waals surface area contributed by atoms with Crippen molar-refractivity contribution < 1.29 is 24.2 Å². The molecule has 33 heavy (non-hydrogen) atoms. The first-order chi connectivity index (χ1) is 15.8. The summed E-state index contributed by atoms with van der Waals surface area (Å²) < 4.78 is 13.2. The van der Waals surface area contributed by atoms with E-state index in [0.717, 1.165) is 25.0 Å². The number of carbonyl (C=O) groups excluding carboxylic acids is 1. The van der Waals surface area contributed by atoms with Crippen LogP contribution in [0.4, 0.5) is 4.79 Å². The van der Waals surface area contributed by atoms with Crippen LogP contribution >= 0.6 is 0 Å². The van der Waals surface area contributed by atoms with E-state index in [2.05, 4.69) is 10.3 Å². The van der Waals surface area contributed by atoms with Gasteiger partial charge in [0, 0.05) is 20.6 Å². The SMILES string of the molecule is CCCN(C)C(=O)OCc1c(-c2ccc(O[C@H]3CCC[C@H](C(=O)O)C3)c(CC)n2)nnn1C.